The second-order valence-corrected chi connectivity index (χ2v) is 6.30. The number of nitrogens with one attached hydrogen (secondary N) is 1. The Bertz CT molecular complexity index is 869. The summed E-state index contributed by atoms with van der Waals surface area (Å²) in [4.78, 5) is 15.6. The van der Waals surface area contributed by atoms with Gasteiger partial charge in [0.05, 0.1) is 18.6 Å². The van der Waals surface area contributed by atoms with Gasteiger partial charge < -0.3 is 9.72 Å². The molecule has 0 aliphatic carbocycles. The van der Waals surface area contributed by atoms with E-state index >= 15 is 0 Å². The fraction of sp³-hybridized carbons (Fsp3) is 0.235. The van der Waals surface area contributed by atoms with Crippen molar-refractivity contribution in [2.75, 3.05) is 12.9 Å². The van der Waals surface area contributed by atoms with Crippen molar-refractivity contribution < 1.29 is 9.53 Å². The minimum Gasteiger partial charge on any atom is -0.495 e. The number of H-pyrrole nitrogens is 1. The number of benzene rings is 1. The second kappa shape index (κ2) is 6.92. The third-order valence-electron chi connectivity index (χ3n) is 3.64. The van der Waals surface area contributed by atoms with Crippen LogP contribution in [0.5, 0.6) is 5.75 Å². The number of ether oxygens (including phenoxy) is 1. The normalized spacial score (nSPS) is 10.8. The summed E-state index contributed by atoms with van der Waals surface area (Å²) in [5.41, 5.74) is 3.44. The van der Waals surface area contributed by atoms with Crippen LogP contribution in [0.4, 0.5) is 0 Å². The molecule has 0 atom stereocenters. The fourth-order valence-corrected chi connectivity index (χ4v) is 3.34. The molecule has 0 fully saturated rings. The molecule has 3 aromatic rings. The van der Waals surface area contributed by atoms with E-state index in [9.17, 15) is 4.79 Å². The molecular formula is C17H18N4O2S. The average Bonchev–Trinajstić information content (AvgIpc) is 3.18. The molecule has 2 heterocycles. The van der Waals surface area contributed by atoms with Gasteiger partial charge >= 0.3 is 0 Å². The highest BCUT2D eigenvalue weighted by atomic mass is 32.2. The van der Waals surface area contributed by atoms with Crippen LogP contribution in [0.1, 0.15) is 21.7 Å². The molecule has 1 N–H and O–H groups in total. The molecule has 6 nitrogen and oxygen atoms in total. The summed E-state index contributed by atoms with van der Waals surface area (Å²) >= 11 is 1.36. The van der Waals surface area contributed by atoms with Gasteiger partial charge in [-0.2, -0.15) is 0 Å². The number of carbonyl (C=O) groups excluding carboxylic acids is 1. The molecule has 0 saturated heterocycles. The van der Waals surface area contributed by atoms with Crippen LogP contribution in [0.25, 0.3) is 5.69 Å². The van der Waals surface area contributed by atoms with Crippen LogP contribution in [0.3, 0.4) is 0 Å². The number of hydrogen-bond donors (Lipinski definition) is 1. The van der Waals surface area contributed by atoms with Crippen molar-refractivity contribution >= 4 is 17.5 Å². The van der Waals surface area contributed by atoms with Crippen molar-refractivity contribution in [3.05, 3.63) is 53.6 Å². The van der Waals surface area contributed by atoms with E-state index in [0.717, 1.165) is 28.4 Å². The van der Waals surface area contributed by atoms with E-state index in [1.165, 1.54) is 11.8 Å². The minimum atomic E-state index is 0.0661. The monoisotopic (exact) mass is 342 g/mol. The molecule has 0 aliphatic rings. The molecule has 0 aliphatic heterocycles. The maximum Gasteiger partial charge on any atom is 0.196 e. The molecule has 0 radical (unpaired) electrons. The summed E-state index contributed by atoms with van der Waals surface area (Å²) in [5, 5.41) is 8.74. The first-order valence-corrected chi connectivity index (χ1v) is 8.44. The van der Waals surface area contributed by atoms with Gasteiger partial charge in [0.25, 0.3) is 0 Å². The van der Waals surface area contributed by atoms with Gasteiger partial charge in [0.2, 0.25) is 0 Å². The van der Waals surface area contributed by atoms with Crippen molar-refractivity contribution in [3.63, 3.8) is 0 Å². The number of aryl methyl sites for hydroxylation is 2. The van der Waals surface area contributed by atoms with E-state index in [-0.39, 0.29) is 5.78 Å². The molecular weight excluding hydrogens is 324 g/mol. The lowest BCUT2D eigenvalue weighted by Crippen LogP contribution is -2.05. The standard InChI is InChI=1S/C17H18N4O2S/c1-11-8-13(12(2)19-11)15(22)9-24-17-20-18-10-21(17)14-6-4-5-7-16(14)23-3/h4-8,10,19H,9H2,1-3H3. The smallest absolute Gasteiger partial charge is 0.196 e. The minimum absolute atomic E-state index is 0.0661. The van der Waals surface area contributed by atoms with Crippen LogP contribution in [-0.4, -0.2) is 38.4 Å². The van der Waals surface area contributed by atoms with E-state index in [1.807, 2.05) is 48.7 Å². The van der Waals surface area contributed by atoms with Gasteiger partial charge in [-0.3, -0.25) is 9.36 Å². The Hall–Kier alpha value is -2.54. The number of carbonyl (C=O) groups is 1. The van der Waals surface area contributed by atoms with Crippen LogP contribution < -0.4 is 4.74 Å². The summed E-state index contributed by atoms with van der Waals surface area (Å²) in [6.45, 7) is 3.84. The van der Waals surface area contributed by atoms with E-state index in [4.69, 9.17) is 4.74 Å². The van der Waals surface area contributed by atoms with Crippen molar-refractivity contribution in [2.45, 2.75) is 19.0 Å². The second-order valence-electron chi connectivity index (χ2n) is 5.36. The van der Waals surface area contributed by atoms with E-state index in [2.05, 4.69) is 15.2 Å². The lowest BCUT2D eigenvalue weighted by Gasteiger charge is -2.10. The summed E-state index contributed by atoms with van der Waals surface area (Å²) in [6.07, 6.45) is 1.62. The third-order valence-corrected chi connectivity index (χ3v) is 4.59. The highest BCUT2D eigenvalue weighted by Gasteiger charge is 2.16. The average molecular weight is 342 g/mol. The van der Waals surface area contributed by atoms with Crippen LogP contribution in [-0.2, 0) is 0 Å². The van der Waals surface area contributed by atoms with E-state index < -0.39 is 0 Å². The zero-order valence-corrected chi connectivity index (χ0v) is 14.6. The van der Waals surface area contributed by atoms with Crippen molar-refractivity contribution in [1.82, 2.24) is 19.7 Å². The third kappa shape index (κ3) is 3.21. The predicted molar refractivity (Wildman–Crippen MR) is 93.2 cm³/mol. The molecule has 124 valence electrons. The number of thioether (sulfide) groups is 1. The zero-order valence-electron chi connectivity index (χ0n) is 13.7. The number of methoxy groups -OCH3 is 1. The largest absolute Gasteiger partial charge is 0.495 e. The topological polar surface area (TPSA) is 72.8 Å². The van der Waals surface area contributed by atoms with Gasteiger partial charge in [-0.1, -0.05) is 23.9 Å². The van der Waals surface area contributed by atoms with Gasteiger partial charge in [-0.05, 0) is 32.0 Å². The Balaban J connectivity index is 1.79. The Labute approximate surface area is 144 Å². The van der Waals surface area contributed by atoms with Gasteiger partial charge in [0, 0.05) is 17.0 Å². The number of nitrogens with zero attached hydrogens (tertiary/aromatic N) is 3. The van der Waals surface area contributed by atoms with Crippen molar-refractivity contribution in [1.29, 1.82) is 0 Å². The number of aromatic amines is 1. The number of ketones is 1. The summed E-state index contributed by atoms with van der Waals surface area (Å²) in [7, 11) is 1.62. The van der Waals surface area contributed by atoms with Crippen molar-refractivity contribution in [3.8, 4) is 11.4 Å². The Morgan fingerprint density at radius 3 is 2.83 bits per heavy atom. The zero-order chi connectivity index (χ0) is 17.1. The van der Waals surface area contributed by atoms with Crippen molar-refractivity contribution in [2.24, 2.45) is 0 Å². The molecule has 3 rings (SSSR count). The molecule has 2 aromatic heterocycles. The molecule has 7 heteroatoms. The first-order valence-electron chi connectivity index (χ1n) is 7.45. The molecule has 1 aromatic carbocycles. The van der Waals surface area contributed by atoms with Crippen LogP contribution >= 0.6 is 11.8 Å². The lowest BCUT2D eigenvalue weighted by atomic mass is 10.2. The Morgan fingerprint density at radius 1 is 1.33 bits per heavy atom. The van der Waals surface area contributed by atoms with E-state index in [1.54, 1.807) is 13.4 Å². The van der Waals surface area contributed by atoms with Gasteiger partial charge in [-0.15, -0.1) is 10.2 Å². The SMILES string of the molecule is COc1ccccc1-n1cnnc1SCC(=O)c1cc(C)[nH]c1C. The molecule has 24 heavy (non-hydrogen) atoms. The number of hydrogen-bond acceptors (Lipinski definition) is 5. The maximum absolute atomic E-state index is 12.4. The van der Waals surface area contributed by atoms with Gasteiger partial charge in [0.15, 0.2) is 10.9 Å². The Morgan fingerprint density at radius 2 is 2.12 bits per heavy atom. The molecule has 0 amide bonds. The maximum atomic E-state index is 12.4. The number of aromatic nitrogens is 4. The predicted octanol–water partition coefficient (Wildman–Crippen LogP) is 3.20. The molecule has 0 bridgehead atoms. The molecule has 0 unspecified atom stereocenters. The van der Waals surface area contributed by atoms with E-state index in [0.29, 0.717) is 10.9 Å². The molecule has 0 spiro atoms. The van der Waals surface area contributed by atoms with Crippen LogP contribution in [0.15, 0.2) is 41.8 Å². The lowest BCUT2D eigenvalue weighted by molar-refractivity contribution is 0.102. The fourth-order valence-electron chi connectivity index (χ4n) is 2.54. The quantitative estimate of drug-likeness (QED) is 0.550. The van der Waals surface area contributed by atoms with Crippen LogP contribution in [0.2, 0.25) is 0 Å². The molecule has 0 saturated carbocycles. The van der Waals surface area contributed by atoms with Gasteiger partial charge in [0.1, 0.15) is 12.1 Å². The van der Waals surface area contributed by atoms with Crippen LogP contribution in [0, 0.1) is 13.8 Å². The highest BCUT2D eigenvalue weighted by Crippen LogP contribution is 2.27. The first-order chi connectivity index (χ1) is 11.6. The number of para-hydroxylation sites is 2. The van der Waals surface area contributed by atoms with Gasteiger partial charge in [-0.25, -0.2) is 0 Å². The summed E-state index contributed by atoms with van der Waals surface area (Å²) in [6, 6.07) is 9.50. The summed E-state index contributed by atoms with van der Waals surface area (Å²) < 4.78 is 7.21. The number of Topliss-reactive ketones (excluding diaryl/α,β-unsaturated/α-hetero) is 1. The first kappa shape index (κ1) is 16.3. The highest BCUT2D eigenvalue weighted by molar-refractivity contribution is 7.99. The summed E-state index contributed by atoms with van der Waals surface area (Å²) in [5.74, 6) is 1.09. The Kier molecular flexibility index (Phi) is 4.71. The number of rotatable bonds is 6.